The predicted octanol–water partition coefficient (Wildman–Crippen LogP) is 6.31. The zero-order valence-electron chi connectivity index (χ0n) is 32.1. The molecule has 1 aromatic heterocycles. The van der Waals surface area contributed by atoms with Crippen LogP contribution in [0, 0.1) is 5.92 Å². The number of phenolic OH excluding ortho intramolecular Hbond substituents is 1. The van der Waals surface area contributed by atoms with Crippen LogP contribution in [0.5, 0.6) is 11.5 Å². The number of nitrogens with zero attached hydrogens (tertiary/aromatic N) is 1. The van der Waals surface area contributed by atoms with E-state index in [1.807, 2.05) is 0 Å². The van der Waals surface area contributed by atoms with Gasteiger partial charge in [0.25, 0.3) is 5.91 Å². The number of esters is 1. The molecule has 2 atom stereocenters. The standard InChI is InChI=1S/C44H53ClN4O7/c1-55-38-24-34(35(45)23-30(38)25-46-26-37(51)32-11-13-36(50)41-33(32)12-14-40(52)48-41)42(53)47-19-6-3-8-28-9-7-10-31(22-28)44(17-4-2-5-18-44)43(54)56-39-27-49-20-15-29(39)16-21-49/h7,9-14,22-24,29,37,39,46,50-51H,2-6,8,15-21,25-27H2,1H3,(H,47,53)(H,48,52)/t37-,39?/m0/s1. The Kier molecular flexibility index (Phi) is 12.7. The lowest BCUT2D eigenvalue weighted by Crippen LogP contribution is -2.53. The van der Waals surface area contributed by atoms with E-state index in [4.69, 9.17) is 21.1 Å². The Morgan fingerprint density at radius 3 is 2.59 bits per heavy atom. The largest absolute Gasteiger partial charge is 0.506 e. The van der Waals surface area contributed by atoms with E-state index in [1.165, 1.54) is 24.8 Å². The average molecular weight is 785 g/mol. The zero-order valence-corrected chi connectivity index (χ0v) is 32.8. The predicted molar refractivity (Wildman–Crippen MR) is 216 cm³/mol. The quantitative estimate of drug-likeness (QED) is 0.0690. The highest BCUT2D eigenvalue weighted by atomic mass is 35.5. The minimum Gasteiger partial charge on any atom is -0.506 e. The van der Waals surface area contributed by atoms with Crippen LogP contribution in [-0.2, 0) is 27.9 Å². The van der Waals surface area contributed by atoms with E-state index in [2.05, 4.69) is 44.8 Å². The number of benzene rings is 3. The van der Waals surface area contributed by atoms with Crippen LogP contribution in [0.15, 0.2) is 65.5 Å². The summed E-state index contributed by atoms with van der Waals surface area (Å²) in [5.74, 6) is 0.573. The maximum absolute atomic E-state index is 14.0. The maximum Gasteiger partial charge on any atom is 0.316 e. The molecule has 11 nitrogen and oxygen atoms in total. The normalized spacial score (nSPS) is 20.7. The van der Waals surface area contributed by atoms with Gasteiger partial charge in [0, 0.05) is 43.2 Å². The number of rotatable bonds is 15. The number of aryl methyl sites for hydroxylation is 1. The molecular weight excluding hydrogens is 732 g/mol. The first-order valence-electron chi connectivity index (χ1n) is 20.1. The Labute approximate surface area is 332 Å². The molecule has 3 aromatic carbocycles. The molecule has 2 bridgehead atoms. The average Bonchev–Trinajstić information content (AvgIpc) is 3.21. The van der Waals surface area contributed by atoms with Gasteiger partial charge in [-0.15, -0.1) is 0 Å². The van der Waals surface area contributed by atoms with Gasteiger partial charge in [0.2, 0.25) is 5.56 Å². The summed E-state index contributed by atoms with van der Waals surface area (Å²) in [6.07, 6.45) is 8.67. The molecule has 4 fully saturated rings. The summed E-state index contributed by atoms with van der Waals surface area (Å²) in [7, 11) is 1.53. The number of carbonyl (C=O) groups is 2. The third-order valence-corrected chi connectivity index (χ3v) is 12.5. The Morgan fingerprint density at radius 1 is 1.04 bits per heavy atom. The lowest BCUT2D eigenvalue weighted by Gasteiger charge is -2.45. The van der Waals surface area contributed by atoms with Crippen LogP contribution in [0.4, 0.5) is 0 Å². The van der Waals surface area contributed by atoms with Crippen LogP contribution in [0.3, 0.4) is 0 Å². The number of carbonyl (C=O) groups excluding carboxylic acids is 2. The molecule has 8 rings (SSSR count). The SMILES string of the molecule is COc1cc(C(=O)NCCCCc2cccc(C3(C(=O)OC4CN5CCC4CC5)CCCCC3)c2)c(Cl)cc1CNC[C@H](O)c1ccc(O)c2[nH]c(=O)ccc12. The number of piperidine rings is 3. The number of fused-ring (bicyclic) bond motifs is 4. The minimum absolute atomic E-state index is 0.00866. The number of H-pyrrole nitrogens is 1. The summed E-state index contributed by atoms with van der Waals surface area (Å²) in [5.41, 5.74) is 3.19. The number of aliphatic hydroxyl groups excluding tert-OH is 1. The van der Waals surface area contributed by atoms with Crippen molar-refractivity contribution in [2.24, 2.45) is 5.92 Å². The number of aliphatic hydroxyl groups is 1. The molecule has 1 amide bonds. The number of phenols is 1. The maximum atomic E-state index is 14.0. The van der Waals surface area contributed by atoms with Crippen molar-refractivity contribution in [2.45, 2.75) is 88.4 Å². The van der Waals surface area contributed by atoms with E-state index < -0.39 is 11.5 Å². The Bertz CT molecular complexity index is 2090. The lowest BCUT2D eigenvalue weighted by atomic mass is 9.69. The zero-order chi connectivity index (χ0) is 39.2. The van der Waals surface area contributed by atoms with Gasteiger partial charge in [0.05, 0.1) is 34.7 Å². The van der Waals surface area contributed by atoms with Crippen molar-refractivity contribution in [1.29, 1.82) is 0 Å². The number of unbranched alkanes of at least 4 members (excludes halogenated alkanes) is 1. The van der Waals surface area contributed by atoms with Gasteiger partial charge < -0.3 is 35.3 Å². The first kappa shape index (κ1) is 39.8. The number of aromatic nitrogens is 1. The van der Waals surface area contributed by atoms with Gasteiger partial charge >= 0.3 is 5.97 Å². The number of ether oxygens (including phenoxy) is 2. The molecule has 4 aromatic rings. The van der Waals surface area contributed by atoms with Crippen molar-refractivity contribution in [1.82, 2.24) is 20.5 Å². The second kappa shape index (κ2) is 17.8. The number of pyridine rings is 1. The van der Waals surface area contributed by atoms with Crippen LogP contribution in [0.1, 0.15) is 96.5 Å². The van der Waals surface area contributed by atoms with E-state index in [9.17, 15) is 24.6 Å². The van der Waals surface area contributed by atoms with Gasteiger partial charge in [-0.05, 0) is 105 Å². The number of nitrogens with one attached hydrogen (secondary N) is 3. The van der Waals surface area contributed by atoms with Gasteiger partial charge in [-0.3, -0.25) is 19.3 Å². The molecule has 0 spiro atoms. The monoisotopic (exact) mass is 784 g/mol. The highest BCUT2D eigenvalue weighted by Crippen LogP contribution is 2.42. The molecule has 12 heteroatoms. The molecule has 4 aliphatic rings. The van der Waals surface area contributed by atoms with E-state index in [-0.39, 0.29) is 46.4 Å². The van der Waals surface area contributed by atoms with Crippen molar-refractivity contribution in [3.63, 3.8) is 0 Å². The number of hydrogen-bond donors (Lipinski definition) is 5. The molecular formula is C44H53ClN4O7. The highest BCUT2D eigenvalue weighted by molar-refractivity contribution is 6.34. The van der Waals surface area contributed by atoms with Gasteiger partial charge in [0.1, 0.15) is 17.6 Å². The lowest BCUT2D eigenvalue weighted by molar-refractivity contribution is -0.167. The first-order chi connectivity index (χ1) is 27.1. The van der Waals surface area contributed by atoms with Crippen molar-refractivity contribution < 1.29 is 29.3 Å². The van der Waals surface area contributed by atoms with Gasteiger partial charge in [-0.1, -0.05) is 61.2 Å². The number of halogens is 1. The molecule has 3 aliphatic heterocycles. The fourth-order valence-electron chi connectivity index (χ4n) is 8.94. The van der Waals surface area contributed by atoms with Crippen LogP contribution in [0.2, 0.25) is 5.02 Å². The summed E-state index contributed by atoms with van der Waals surface area (Å²) >= 11 is 6.61. The van der Waals surface area contributed by atoms with Crippen LogP contribution >= 0.6 is 11.6 Å². The molecule has 1 aliphatic carbocycles. The Hall–Kier alpha value is -4.42. The van der Waals surface area contributed by atoms with Gasteiger partial charge in [-0.25, -0.2) is 0 Å². The third kappa shape index (κ3) is 8.76. The molecule has 5 N–H and O–H groups in total. The fraction of sp³-hybridized carbons (Fsp3) is 0.477. The van der Waals surface area contributed by atoms with Gasteiger partial charge in [0.15, 0.2) is 0 Å². The van der Waals surface area contributed by atoms with E-state index in [0.717, 1.165) is 89.4 Å². The Morgan fingerprint density at radius 2 is 1.84 bits per heavy atom. The van der Waals surface area contributed by atoms with Crippen molar-refractivity contribution in [3.8, 4) is 11.5 Å². The first-order valence-corrected chi connectivity index (χ1v) is 20.4. The molecule has 0 radical (unpaired) electrons. The molecule has 1 unspecified atom stereocenters. The summed E-state index contributed by atoms with van der Waals surface area (Å²) in [4.78, 5) is 44.0. The smallest absolute Gasteiger partial charge is 0.316 e. The summed E-state index contributed by atoms with van der Waals surface area (Å²) in [6, 6.07) is 17.8. The highest BCUT2D eigenvalue weighted by Gasteiger charge is 2.46. The minimum atomic E-state index is -0.934. The summed E-state index contributed by atoms with van der Waals surface area (Å²) in [5, 5.41) is 28.1. The second-order valence-corrected chi connectivity index (χ2v) is 16.1. The number of hydrogen-bond acceptors (Lipinski definition) is 9. The van der Waals surface area contributed by atoms with Crippen molar-refractivity contribution in [3.05, 3.63) is 104 Å². The molecule has 56 heavy (non-hydrogen) atoms. The van der Waals surface area contributed by atoms with Crippen LogP contribution in [0.25, 0.3) is 10.9 Å². The fourth-order valence-corrected chi connectivity index (χ4v) is 9.21. The second-order valence-electron chi connectivity index (χ2n) is 15.7. The van der Waals surface area contributed by atoms with Crippen LogP contribution < -0.4 is 20.9 Å². The number of methoxy groups -OCH3 is 1. The third-order valence-electron chi connectivity index (χ3n) is 12.1. The number of aromatic hydroxyl groups is 1. The Balaban J connectivity index is 0.901. The van der Waals surface area contributed by atoms with Gasteiger partial charge in [-0.2, -0.15) is 0 Å². The van der Waals surface area contributed by atoms with Crippen molar-refractivity contribution in [2.75, 3.05) is 39.8 Å². The van der Waals surface area contributed by atoms with E-state index >= 15 is 0 Å². The molecule has 4 heterocycles. The molecule has 3 saturated heterocycles. The number of aromatic amines is 1. The van der Waals surface area contributed by atoms with E-state index in [1.54, 1.807) is 24.3 Å². The number of amides is 1. The summed E-state index contributed by atoms with van der Waals surface area (Å²) in [6.45, 7) is 4.05. The van der Waals surface area contributed by atoms with E-state index in [0.29, 0.717) is 46.8 Å². The van der Waals surface area contributed by atoms with Crippen molar-refractivity contribution >= 4 is 34.4 Å². The molecule has 1 saturated carbocycles. The molecule has 298 valence electrons. The van der Waals surface area contributed by atoms with Crippen LogP contribution in [-0.4, -0.2) is 77.9 Å². The summed E-state index contributed by atoms with van der Waals surface area (Å²) < 4.78 is 12.0. The topological polar surface area (TPSA) is 153 Å².